The molecule has 1 heterocycles. The summed E-state index contributed by atoms with van der Waals surface area (Å²) in [7, 11) is 3.27. The number of likely N-dealkylation sites (tertiary alicyclic amines) is 1. The predicted octanol–water partition coefficient (Wildman–Crippen LogP) is 3.98. The minimum Gasteiger partial charge on any atom is -0.497 e. The Labute approximate surface area is 185 Å². The lowest BCUT2D eigenvalue weighted by Gasteiger charge is -2.36. The zero-order valence-electron chi connectivity index (χ0n) is 18.7. The van der Waals surface area contributed by atoms with Gasteiger partial charge in [-0.3, -0.25) is 9.69 Å². The van der Waals surface area contributed by atoms with Crippen LogP contribution in [0.2, 0.25) is 0 Å². The van der Waals surface area contributed by atoms with Gasteiger partial charge in [0, 0.05) is 37.2 Å². The van der Waals surface area contributed by atoms with Gasteiger partial charge >= 0.3 is 0 Å². The molecule has 2 aliphatic rings. The summed E-state index contributed by atoms with van der Waals surface area (Å²) >= 11 is 0. The van der Waals surface area contributed by atoms with Gasteiger partial charge in [0.2, 0.25) is 5.91 Å². The first-order chi connectivity index (χ1) is 15.2. The number of nitrogens with zero attached hydrogens (tertiary/aromatic N) is 1. The van der Waals surface area contributed by atoms with Crippen LogP contribution in [0.1, 0.15) is 42.4 Å². The van der Waals surface area contributed by atoms with Crippen LogP contribution in [-0.2, 0) is 24.2 Å². The Morgan fingerprint density at radius 3 is 2.58 bits per heavy atom. The molecule has 0 aromatic heterocycles. The molecule has 1 amide bonds. The number of hydrogen-bond acceptors (Lipinski definition) is 4. The van der Waals surface area contributed by atoms with E-state index in [1.807, 2.05) is 18.2 Å². The summed E-state index contributed by atoms with van der Waals surface area (Å²) in [5.74, 6) is 2.21. The van der Waals surface area contributed by atoms with Gasteiger partial charge in [-0.15, -0.1) is 0 Å². The maximum absolute atomic E-state index is 12.5. The van der Waals surface area contributed by atoms with Crippen LogP contribution in [0.15, 0.2) is 42.5 Å². The van der Waals surface area contributed by atoms with Crippen LogP contribution in [0.25, 0.3) is 0 Å². The van der Waals surface area contributed by atoms with Crippen molar-refractivity contribution in [3.8, 4) is 11.5 Å². The fourth-order valence-corrected chi connectivity index (χ4v) is 5.07. The monoisotopic (exact) mass is 422 g/mol. The minimum atomic E-state index is 0.114. The molecule has 166 valence electrons. The van der Waals surface area contributed by atoms with Gasteiger partial charge in [0.25, 0.3) is 0 Å². The van der Waals surface area contributed by atoms with E-state index < -0.39 is 0 Å². The summed E-state index contributed by atoms with van der Waals surface area (Å²) in [6.45, 7) is 2.79. The Morgan fingerprint density at radius 1 is 1.10 bits per heavy atom. The number of rotatable bonds is 8. The number of amides is 1. The van der Waals surface area contributed by atoms with Crippen molar-refractivity contribution in [3.05, 3.63) is 59.2 Å². The molecular weight excluding hydrogens is 388 g/mol. The second-order valence-electron chi connectivity index (χ2n) is 8.83. The first kappa shape index (κ1) is 21.7. The number of methoxy groups -OCH3 is 2. The average molecular weight is 423 g/mol. The van der Waals surface area contributed by atoms with Gasteiger partial charge in [-0.05, 0) is 67.8 Å². The first-order valence-corrected chi connectivity index (χ1v) is 11.4. The van der Waals surface area contributed by atoms with Crippen LogP contribution in [0.5, 0.6) is 11.5 Å². The number of carbonyl (C=O) groups excluding carboxylic acids is 1. The zero-order chi connectivity index (χ0) is 21.6. The second kappa shape index (κ2) is 10.2. The number of hydrogen-bond donors (Lipinski definition) is 1. The average Bonchev–Trinajstić information content (AvgIpc) is 3.26. The number of benzene rings is 2. The van der Waals surface area contributed by atoms with Crippen LogP contribution in [-0.4, -0.2) is 44.2 Å². The quantitative estimate of drug-likeness (QED) is 0.699. The molecule has 1 fully saturated rings. The number of fused-ring (bicyclic) bond motifs is 1. The van der Waals surface area contributed by atoms with Gasteiger partial charge in [-0.1, -0.05) is 24.3 Å². The van der Waals surface area contributed by atoms with Gasteiger partial charge in [0.15, 0.2) is 0 Å². The third kappa shape index (κ3) is 5.40. The van der Waals surface area contributed by atoms with Crippen molar-refractivity contribution in [2.24, 2.45) is 5.92 Å². The van der Waals surface area contributed by atoms with Crippen molar-refractivity contribution in [1.29, 1.82) is 0 Å². The molecule has 1 aliphatic carbocycles. The molecule has 5 nitrogen and oxygen atoms in total. The van der Waals surface area contributed by atoms with Crippen LogP contribution >= 0.6 is 0 Å². The molecule has 5 heteroatoms. The van der Waals surface area contributed by atoms with E-state index in [1.54, 1.807) is 14.2 Å². The molecule has 4 rings (SSSR count). The molecule has 0 spiro atoms. The third-order valence-corrected chi connectivity index (χ3v) is 6.85. The van der Waals surface area contributed by atoms with Gasteiger partial charge in [0.1, 0.15) is 11.5 Å². The molecule has 2 aromatic rings. The molecule has 1 N–H and O–H groups in total. The van der Waals surface area contributed by atoms with Crippen LogP contribution < -0.4 is 14.8 Å². The van der Waals surface area contributed by atoms with Gasteiger partial charge < -0.3 is 14.8 Å². The van der Waals surface area contributed by atoms with Crippen molar-refractivity contribution in [3.63, 3.8) is 0 Å². The highest BCUT2D eigenvalue weighted by Gasteiger charge is 2.30. The van der Waals surface area contributed by atoms with E-state index in [-0.39, 0.29) is 5.91 Å². The molecule has 0 saturated carbocycles. The van der Waals surface area contributed by atoms with Crippen LogP contribution in [0.3, 0.4) is 0 Å². The summed E-state index contributed by atoms with van der Waals surface area (Å²) in [4.78, 5) is 15.2. The standard InChI is InChI=1S/C26H34N2O3/c1-30-24-11-10-22(25(16-24)31-2)17-27-26(29)12-9-19-6-5-13-28(18-19)23-14-20-7-3-4-8-21(20)15-23/h3-4,7-8,10-11,16,19,23H,5-6,9,12-15,17-18H2,1-2H3,(H,27,29). The maximum Gasteiger partial charge on any atom is 0.220 e. The highest BCUT2D eigenvalue weighted by atomic mass is 16.5. The summed E-state index contributed by atoms with van der Waals surface area (Å²) in [6, 6.07) is 15.2. The van der Waals surface area contributed by atoms with E-state index in [0.29, 0.717) is 24.9 Å². The lowest BCUT2D eigenvalue weighted by Crippen LogP contribution is -2.43. The minimum absolute atomic E-state index is 0.114. The lowest BCUT2D eigenvalue weighted by atomic mass is 9.92. The predicted molar refractivity (Wildman–Crippen MR) is 123 cm³/mol. The molecule has 2 aromatic carbocycles. The second-order valence-corrected chi connectivity index (χ2v) is 8.83. The highest BCUT2D eigenvalue weighted by molar-refractivity contribution is 5.75. The van der Waals surface area contributed by atoms with Crippen LogP contribution in [0.4, 0.5) is 0 Å². The summed E-state index contributed by atoms with van der Waals surface area (Å²) in [6.07, 6.45) is 6.36. The summed E-state index contributed by atoms with van der Waals surface area (Å²) < 4.78 is 10.7. The Balaban J connectivity index is 1.23. The molecular formula is C26H34N2O3. The molecule has 1 unspecified atom stereocenters. The Bertz CT molecular complexity index is 873. The molecule has 1 saturated heterocycles. The topological polar surface area (TPSA) is 50.8 Å². The molecule has 1 atom stereocenters. The molecule has 1 aliphatic heterocycles. The van der Waals surface area contributed by atoms with Crippen molar-refractivity contribution in [2.45, 2.75) is 51.1 Å². The largest absolute Gasteiger partial charge is 0.497 e. The van der Waals surface area contributed by atoms with Gasteiger partial charge in [-0.25, -0.2) is 0 Å². The fourth-order valence-electron chi connectivity index (χ4n) is 5.07. The van der Waals surface area contributed by atoms with Crippen LogP contribution in [0, 0.1) is 5.92 Å². The fraction of sp³-hybridized carbons (Fsp3) is 0.500. The third-order valence-electron chi connectivity index (χ3n) is 6.85. The first-order valence-electron chi connectivity index (χ1n) is 11.4. The normalized spacial score (nSPS) is 19.1. The van der Waals surface area contributed by atoms with E-state index in [4.69, 9.17) is 9.47 Å². The summed E-state index contributed by atoms with van der Waals surface area (Å²) in [5, 5.41) is 3.06. The molecule has 0 bridgehead atoms. The molecule has 0 radical (unpaired) electrons. The van der Waals surface area contributed by atoms with E-state index >= 15 is 0 Å². The van der Waals surface area contributed by atoms with E-state index in [0.717, 1.165) is 30.0 Å². The Morgan fingerprint density at radius 2 is 1.87 bits per heavy atom. The van der Waals surface area contributed by atoms with E-state index in [1.165, 1.54) is 43.4 Å². The van der Waals surface area contributed by atoms with Gasteiger partial charge in [0.05, 0.1) is 14.2 Å². The summed E-state index contributed by atoms with van der Waals surface area (Å²) in [5.41, 5.74) is 3.99. The van der Waals surface area contributed by atoms with Crippen molar-refractivity contribution in [1.82, 2.24) is 10.2 Å². The number of nitrogens with one attached hydrogen (secondary N) is 1. The zero-order valence-corrected chi connectivity index (χ0v) is 18.7. The maximum atomic E-state index is 12.5. The van der Waals surface area contributed by atoms with E-state index in [2.05, 4.69) is 34.5 Å². The van der Waals surface area contributed by atoms with Crippen molar-refractivity contribution in [2.75, 3.05) is 27.3 Å². The number of piperidine rings is 1. The SMILES string of the molecule is COc1ccc(CNC(=O)CCC2CCCN(C3Cc4ccccc4C3)C2)c(OC)c1. The molecule has 31 heavy (non-hydrogen) atoms. The smallest absolute Gasteiger partial charge is 0.220 e. The Hall–Kier alpha value is -2.53. The van der Waals surface area contributed by atoms with Crippen molar-refractivity contribution >= 4 is 5.91 Å². The van der Waals surface area contributed by atoms with Crippen molar-refractivity contribution < 1.29 is 14.3 Å². The van der Waals surface area contributed by atoms with Gasteiger partial charge in [-0.2, -0.15) is 0 Å². The number of carbonyl (C=O) groups is 1. The lowest BCUT2D eigenvalue weighted by molar-refractivity contribution is -0.121. The highest BCUT2D eigenvalue weighted by Crippen LogP contribution is 2.30. The number of ether oxygens (including phenoxy) is 2. The van der Waals surface area contributed by atoms with E-state index in [9.17, 15) is 4.79 Å². The Kier molecular flexibility index (Phi) is 7.13.